The molecular weight excluding hydrogens is 1800 g/mol. The van der Waals surface area contributed by atoms with Gasteiger partial charge >= 0.3 is 0 Å². The van der Waals surface area contributed by atoms with Gasteiger partial charge in [-0.25, -0.2) is 85.1 Å². The minimum Gasteiger partial charge on any atom is -0.375 e. The number of nitrogens with zero attached hydrogens (tertiary/aromatic N) is 24. The lowest BCUT2D eigenvalue weighted by atomic mass is 10.1. The fourth-order valence-corrected chi connectivity index (χ4v) is 15.5. The van der Waals surface area contributed by atoms with Gasteiger partial charge in [-0.15, -0.1) is 39.4 Å². The van der Waals surface area contributed by atoms with E-state index in [1.807, 2.05) is 87.1 Å². The number of hydrazine groups is 1. The maximum Gasteiger partial charge on any atom is 0.274 e. The first-order chi connectivity index (χ1) is 60.0. The number of nitrogens with one attached hydrogen (secondary N) is 8. The van der Waals surface area contributed by atoms with Crippen molar-refractivity contribution in [1.82, 2.24) is 112 Å². The predicted molar refractivity (Wildman–Crippen MR) is 496 cm³/mol. The summed E-state index contributed by atoms with van der Waals surface area (Å²) in [5, 5.41) is 73.6. The van der Waals surface area contributed by atoms with Gasteiger partial charge in [0.2, 0.25) is 0 Å². The van der Waals surface area contributed by atoms with E-state index in [0.29, 0.717) is 89.0 Å². The van der Waals surface area contributed by atoms with E-state index in [4.69, 9.17) is 75.6 Å². The van der Waals surface area contributed by atoms with Crippen molar-refractivity contribution in [2.24, 2.45) is 36.2 Å². The summed E-state index contributed by atoms with van der Waals surface area (Å²) in [6.07, 6.45) is 29.0. The highest BCUT2D eigenvalue weighted by molar-refractivity contribution is 8.14. The number of hydrogen-bond donors (Lipinski definition) is 8. The zero-order chi connectivity index (χ0) is 91.6. The van der Waals surface area contributed by atoms with Crippen LogP contribution >= 0.6 is 104 Å². The van der Waals surface area contributed by atoms with Crippen LogP contribution in [0.15, 0.2) is 134 Å². The van der Waals surface area contributed by atoms with Crippen molar-refractivity contribution < 1.29 is 24.9 Å². The van der Waals surface area contributed by atoms with Gasteiger partial charge < -0.3 is 66.5 Å². The van der Waals surface area contributed by atoms with E-state index in [2.05, 4.69) is 148 Å². The number of aryl methyl sites for hydroxylation is 2. The molecule has 4 saturated heterocycles. The zero-order valence-electron chi connectivity index (χ0n) is 70.8. The van der Waals surface area contributed by atoms with Gasteiger partial charge in [-0.05, 0) is 113 Å². The second kappa shape index (κ2) is 58.3. The van der Waals surface area contributed by atoms with Gasteiger partial charge in [0.15, 0.2) is 42.0 Å². The van der Waals surface area contributed by atoms with Crippen LogP contribution in [0.5, 0.6) is 0 Å². The highest BCUT2D eigenvalue weighted by Crippen LogP contribution is 2.26. The third-order valence-corrected chi connectivity index (χ3v) is 22.2. The van der Waals surface area contributed by atoms with E-state index in [1.54, 1.807) is 117 Å². The number of terminal acetylenes is 2. The van der Waals surface area contributed by atoms with Crippen molar-refractivity contribution >= 4 is 139 Å². The number of thiazole rings is 3. The molecule has 5 aliphatic rings. The van der Waals surface area contributed by atoms with Crippen LogP contribution in [0.25, 0.3) is 0 Å². The van der Waals surface area contributed by atoms with Crippen LogP contribution < -0.4 is 42.6 Å². The van der Waals surface area contributed by atoms with Gasteiger partial charge in [0.25, 0.3) is 17.9 Å². The topological polar surface area (TPSA) is 465 Å². The van der Waals surface area contributed by atoms with Crippen LogP contribution in [0.3, 0.4) is 0 Å². The molecular formula is C75H103Cl5N32O9S4. The molecule has 41 nitrogen and oxygen atoms in total. The molecule has 676 valence electrons. The molecule has 1 unspecified atom stereocenters. The molecule has 0 amide bonds. The van der Waals surface area contributed by atoms with Crippen molar-refractivity contribution in [2.75, 3.05) is 107 Å². The van der Waals surface area contributed by atoms with Gasteiger partial charge in [0, 0.05) is 190 Å². The molecule has 7 aromatic rings. The predicted octanol–water partition coefficient (Wildman–Crippen LogP) is 9.96. The quantitative estimate of drug-likeness (QED) is 0.00696. The molecule has 7 aromatic heterocycles. The number of guanidine groups is 4. The average molecular weight is 1900 g/mol. The van der Waals surface area contributed by atoms with Crippen molar-refractivity contribution in [3.63, 3.8) is 0 Å². The molecule has 50 heteroatoms. The summed E-state index contributed by atoms with van der Waals surface area (Å²) < 4.78 is 5.83. The third kappa shape index (κ3) is 41.6. The molecule has 11 heterocycles. The van der Waals surface area contributed by atoms with E-state index in [1.165, 1.54) is 48.4 Å². The maximum atomic E-state index is 10.6. The summed E-state index contributed by atoms with van der Waals surface area (Å²) in [5.41, 5.74) is 6.72. The Kier molecular flexibility index (Phi) is 48.8. The number of hydrogen-bond acceptors (Lipinski definition) is 27. The van der Waals surface area contributed by atoms with Crippen LogP contribution in [-0.2, 0) is 50.6 Å². The van der Waals surface area contributed by atoms with Crippen LogP contribution in [0.1, 0.15) is 93.4 Å². The Labute approximate surface area is 767 Å². The van der Waals surface area contributed by atoms with Gasteiger partial charge in [-0.2, -0.15) is 9.98 Å². The smallest absolute Gasteiger partial charge is 0.274 e. The van der Waals surface area contributed by atoms with E-state index >= 15 is 0 Å². The Morgan fingerprint density at radius 1 is 0.648 bits per heavy atom. The average Bonchev–Trinajstić information content (AvgIpc) is 1.21. The highest BCUT2D eigenvalue weighted by atomic mass is 35.5. The number of aliphatic imine (C=N–C) groups is 3. The van der Waals surface area contributed by atoms with Gasteiger partial charge in [0.1, 0.15) is 55.2 Å². The number of amidine groups is 2. The van der Waals surface area contributed by atoms with Crippen LogP contribution in [0.4, 0.5) is 0 Å². The lowest BCUT2D eigenvalue weighted by Gasteiger charge is -2.38. The molecule has 8 N–H and O–H groups in total. The molecule has 12 rings (SSSR count). The molecule has 1 saturated carbocycles. The van der Waals surface area contributed by atoms with Gasteiger partial charge in [-0.3, -0.25) is 4.99 Å². The fraction of sp³-hybridized carbons (Fsp3) is 0.453. The summed E-state index contributed by atoms with van der Waals surface area (Å²) in [6, 6.07) is 19.5. The molecule has 0 bridgehead atoms. The highest BCUT2D eigenvalue weighted by Gasteiger charge is 2.32. The van der Waals surface area contributed by atoms with Crippen LogP contribution in [-0.4, -0.2) is 238 Å². The maximum absolute atomic E-state index is 10.6. The van der Waals surface area contributed by atoms with Crippen molar-refractivity contribution in [1.29, 1.82) is 0 Å². The van der Waals surface area contributed by atoms with Crippen molar-refractivity contribution in [2.45, 2.75) is 112 Å². The number of nitro groups is 4. The minimum atomic E-state index is -0.753. The van der Waals surface area contributed by atoms with Crippen molar-refractivity contribution in [3.05, 3.63) is 216 Å². The number of thioether (sulfide) groups is 1. The van der Waals surface area contributed by atoms with E-state index in [9.17, 15) is 40.5 Å². The number of rotatable bonds is 24. The molecule has 1 atom stereocenters. The monoisotopic (exact) mass is 1900 g/mol. The largest absolute Gasteiger partial charge is 0.375 e. The zero-order valence-corrected chi connectivity index (χ0v) is 77.9. The molecule has 125 heavy (non-hydrogen) atoms. The van der Waals surface area contributed by atoms with E-state index < -0.39 is 26.4 Å². The Bertz CT molecular complexity index is 4770. The lowest BCUT2D eigenvalue weighted by Crippen LogP contribution is -2.60. The molecule has 5 fully saturated rings. The summed E-state index contributed by atoms with van der Waals surface area (Å²) in [4.78, 5) is 98.2. The second-order valence-electron chi connectivity index (χ2n) is 26.5. The normalized spacial score (nSPS) is 16.1. The fourth-order valence-electron chi connectivity index (χ4n) is 11.6. The SMILES string of the molecule is C#CN=C(C)NCc1ccc(Cl)nc1.C#CN=C1SCCN1Cc1ccc(Cl)nc1.C/C=C(\NC)N(CC)Cc1ccc(Cl)nc1.CN/C(=N\[N+](=O)[O-])NCc1cnc(C)s1.CN1CCN(Cc2cnc(Cl)s2)C1=N[N+](=O)[O-].CN=C1NCCN1Cc1ccc(Cl)nc1.CNC(=N[N+](=O)[O-])NCC1CCCC1.Cc1ncc(CN2COCN(C)C2N[N+](=O)[O-])s1. The summed E-state index contributed by atoms with van der Waals surface area (Å²) in [5.74, 6) is 5.19. The third-order valence-electron chi connectivity index (χ3n) is 17.4. The number of ether oxygens (including phenoxy) is 1. The number of hydrazone groups is 3. The van der Waals surface area contributed by atoms with Crippen LogP contribution in [0.2, 0.25) is 25.1 Å². The number of pyridine rings is 4. The number of halogens is 5. The van der Waals surface area contributed by atoms with E-state index in [0.717, 1.165) is 129 Å². The molecule has 0 radical (unpaired) electrons. The van der Waals surface area contributed by atoms with E-state index in [-0.39, 0.29) is 11.9 Å². The first-order valence-electron chi connectivity index (χ1n) is 38.4. The molecule has 0 spiro atoms. The molecule has 1 aliphatic carbocycles. The summed E-state index contributed by atoms with van der Waals surface area (Å²) >= 11 is 34.7. The second-order valence-corrected chi connectivity index (χ2v) is 33.4. The lowest BCUT2D eigenvalue weighted by molar-refractivity contribution is -0.565. The molecule has 4 aliphatic heterocycles. The van der Waals surface area contributed by atoms with Gasteiger partial charge in [0.05, 0.1) is 28.9 Å². The number of allylic oxidation sites excluding steroid dienone is 1. The van der Waals surface area contributed by atoms with Gasteiger partial charge in [-0.1, -0.05) is 120 Å². The minimum absolute atomic E-state index is 0.131. The first-order valence-corrected chi connectivity index (χ1v) is 43.7. The summed E-state index contributed by atoms with van der Waals surface area (Å²) in [7, 11) is 10.4. The number of likely N-dealkylation sites (N-methyl/N-ethyl adjacent to an activating group) is 1. The Hall–Kier alpha value is -10.9. The summed E-state index contributed by atoms with van der Waals surface area (Å²) in [6.45, 7) is 21.2. The first kappa shape index (κ1) is 105. The Morgan fingerprint density at radius 2 is 1.21 bits per heavy atom. The number of aromatic nitrogens is 7. The van der Waals surface area contributed by atoms with Crippen molar-refractivity contribution in [3.8, 4) is 24.9 Å². The molecule has 0 aromatic carbocycles. The standard InChI is InChI=1S/C12H18ClN3.C11H10ClN3S.C10H13ClN4.C10H10ClN3.C9H15N5O3S.C8H10ClN5O2S.C8H16N4O2.C7H11N5O2S/c1-4-12(14-3)16(5-2)9-10-6-7-11(13)15-8-10;1-2-13-11-15(5-6-16-11)8-9-3-4-10(12)14-7-9;1-12-10-13-4-5-15(10)7-8-2-3-9(11)14-6-8;1-3-12-8(2)13-6-9-4-5-10(11)14-7-9;1-7-10-3-8(18-7)4-13-6-17-5-12(2)9(13)11-14(15)16;1-12-2-3-13(8(12)11-14(15)16)5-6-4-10-7(9)17-6;1-9-8(11-12(13)14)10-6-7-4-2-3-5-7;1-5-9-3-6(15-5)4-10-7(8-2)11-12(13)14/h4,6-8,14H,5,9H2,1-3H3;1,3-4,7H,5-6,8H2;2-3,6H,4-5,7H2,1H3,(H,12,13);1,4-5,7H,6H2,2H3,(H,12,13);3,9,11H,4-6H2,1-2H3;4H,2-3,5H2,1H3;7H,2-6H2,1H3,(H2,9,10,11);3H,4H2,1-2H3,(H2,8,10,11)/b12-4+;;;;;;;. The van der Waals surface area contributed by atoms with Crippen LogP contribution in [0, 0.1) is 85.2 Å². The Morgan fingerprint density at radius 3 is 1.70 bits per heavy atom. The Balaban J connectivity index is 0.000000254.